The molecule has 0 unspecified atom stereocenters. The first-order chi connectivity index (χ1) is 9.51. The van der Waals surface area contributed by atoms with E-state index in [-0.39, 0.29) is 0 Å². The number of thioether (sulfide) groups is 1. The highest BCUT2D eigenvalue weighted by Crippen LogP contribution is 2.26. The third-order valence-corrected chi connectivity index (χ3v) is 3.85. The molecule has 1 aromatic heterocycles. The summed E-state index contributed by atoms with van der Waals surface area (Å²) in [6.45, 7) is 3.88. The number of aromatic nitrogens is 1. The third-order valence-electron chi connectivity index (χ3n) is 2.92. The summed E-state index contributed by atoms with van der Waals surface area (Å²) in [5.41, 5.74) is 10.3. The Morgan fingerprint density at radius 2 is 2.05 bits per heavy atom. The van der Waals surface area contributed by atoms with Crippen LogP contribution in [0.25, 0.3) is 0 Å². The number of rotatable bonds is 4. The van der Waals surface area contributed by atoms with E-state index >= 15 is 0 Å². The van der Waals surface area contributed by atoms with Crippen LogP contribution in [0.15, 0.2) is 35.2 Å². The smallest absolute Gasteiger partial charge is 0.107 e. The van der Waals surface area contributed by atoms with Crippen LogP contribution < -0.4 is 11.1 Å². The van der Waals surface area contributed by atoms with Gasteiger partial charge in [-0.05, 0) is 44.4 Å². The van der Waals surface area contributed by atoms with Gasteiger partial charge in [0.2, 0.25) is 0 Å². The Morgan fingerprint density at radius 3 is 2.70 bits per heavy atom. The Labute approximate surface area is 129 Å². The Kier molecular flexibility index (Phi) is 4.62. The lowest BCUT2D eigenvalue weighted by Gasteiger charge is -2.14. The summed E-state index contributed by atoms with van der Waals surface area (Å²) in [5.74, 6) is 0. The third kappa shape index (κ3) is 3.29. The number of nitrogens with zero attached hydrogens (tertiary/aromatic N) is 1. The quantitative estimate of drug-likeness (QED) is 0.664. The van der Waals surface area contributed by atoms with Crippen molar-refractivity contribution in [1.29, 1.82) is 0 Å². The molecule has 0 radical (unpaired) electrons. The molecule has 0 bridgehead atoms. The minimum absolute atomic E-state index is 0.360. The van der Waals surface area contributed by atoms with Crippen LogP contribution in [0.4, 0.5) is 11.4 Å². The number of nitrogens with two attached hydrogens (primary N) is 1. The van der Waals surface area contributed by atoms with Crippen molar-refractivity contribution in [3.05, 3.63) is 47.3 Å². The maximum Gasteiger partial charge on any atom is 0.107 e. The molecule has 2 aromatic rings. The first-order valence-corrected chi connectivity index (χ1v) is 7.83. The molecule has 104 valence electrons. The maximum absolute atomic E-state index is 5.82. The summed E-state index contributed by atoms with van der Waals surface area (Å²) >= 11 is 6.85. The predicted octanol–water partition coefficient (Wildman–Crippen LogP) is 3.80. The summed E-state index contributed by atoms with van der Waals surface area (Å²) in [7, 11) is 0. The minimum atomic E-state index is 0.360. The molecule has 0 aliphatic heterocycles. The second-order valence-corrected chi connectivity index (χ2v) is 5.81. The molecular weight excluding hydrogens is 286 g/mol. The van der Waals surface area contributed by atoms with Crippen LogP contribution in [0.3, 0.4) is 0 Å². The number of hydrogen-bond acceptors (Lipinski definition) is 4. The average Bonchev–Trinajstić information content (AvgIpc) is 2.37. The number of hydrogen-bond donors (Lipinski definition) is 2. The molecular formula is C15H17N3S2. The van der Waals surface area contributed by atoms with Gasteiger partial charge in [0.15, 0.2) is 0 Å². The fourth-order valence-electron chi connectivity index (χ4n) is 2.09. The zero-order valence-corrected chi connectivity index (χ0v) is 13.4. The van der Waals surface area contributed by atoms with E-state index in [0.717, 1.165) is 28.3 Å². The monoisotopic (exact) mass is 303 g/mol. The minimum Gasteiger partial charge on any atom is -0.389 e. The molecule has 1 aromatic carbocycles. The van der Waals surface area contributed by atoms with Crippen molar-refractivity contribution in [2.24, 2.45) is 5.73 Å². The van der Waals surface area contributed by atoms with Gasteiger partial charge < -0.3 is 11.1 Å². The van der Waals surface area contributed by atoms with Crippen LogP contribution in [0, 0.1) is 13.8 Å². The SMILES string of the molecule is CSc1cccc(Nc2cc(C)nc(C)c2C(N)=S)c1. The molecule has 1 heterocycles. The number of thiocarbonyl (C=S) groups is 1. The molecule has 0 aliphatic rings. The number of anilines is 2. The van der Waals surface area contributed by atoms with Crippen LogP contribution in [-0.2, 0) is 0 Å². The van der Waals surface area contributed by atoms with Gasteiger partial charge in [0.1, 0.15) is 4.99 Å². The maximum atomic E-state index is 5.82. The number of pyridine rings is 1. The van der Waals surface area contributed by atoms with Gasteiger partial charge >= 0.3 is 0 Å². The summed E-state index contributed by atoms with van der Waals surface area (Å²) < 4.78 is 0. The molecule has 3 nitrogen and oxygen atoms in total. The Bertz CT molecular complexity index is 654. The normalized spacial score (nSPS) is 10.3. The van der Waals surface area contributed by atoms with E-state index < -0.39 is 0 Å². The Balaban J connectivity index is 2.44. The molecule has 0 fully saturated rings. The second kappa shape index (κ2) is 6.24. The van der Waals surface area contributed by atoms with Gasteiger partial charge in [-0.2, -0.15) is 0 Å². The topological polar surface area (TPSA) is 50.9 Å². The zero-order chi connectivity index (χ0) is 14.7. The van der Waals surface area contributed by atoms with Crippen molar-refractivity contribution in [2.45, 2.75) is 18.7 Å². The zero-order valence-electron chi connectivity index (χ0n) is 11.7. The lowest BCUT2D eigenvalue weighted by Crippen LogP contribution is -2.15. The molecule has 0 spiro atoms. The molecule has 0 atom stereocenters. The van der Waals surface area contributed by atoms with Crippen molar-refractivity contribution < 1.29 is 0 Å². The lowest BCUT2D eigenvalue weighted by molar-refractivity contribution is 1.11. The van der Waals surface area contributed by atoms with E-state index in [1.165, 1.54) is 4.90 Å². The van der Waals surface area contributed by atoms with Crippen molar-refractivity contribution in [2.75, 3.05) is 11.6 Å². The largest absolute Gasteiger partial charge is 0.389 e. The predicted molar refractivity (Wildman–Crippen MR) is 91.1 cm³/mol. The van der Waals surface area contributed by atoms with E-state index in [4.69, 9.17) is 18.0 Å². The van der Waals surface area contributed by atoms with Gasteiger partial charge in [0.25, 0.3) is 0 Å². The number of benzene rings is 1. The van der Waals surface area contributed by atoms with Crippen LogP contribution in [-0.4, -0.2) is 16.2 Å². The molecule has 0 saturated carbocycles. The first-order valence-electron chi connectivity index (χ1n) is 6.20. The summed E-state index contributed by atoms with van der Waals surface area (Å²) in [4.78, 5) is 5.98. The first kappa shape index (κ1) is 14.8. The van der Waals surface area contributed by atoms with Gasteiger partial charge in [-0.15, -0.1) is 11.8 Å². The number of aryl methyl sites for hydroxylation is 2. The Morgan fingerprint density at radius 1 is 1.30 bits per heavy atom. The van der Waals surface area contributed by atoms with Crippen LogP contribution in [0.5, 0.6) is 0 Å². The fraction of sp³-hybridized carbons (Fsp3) is 0.200. The van der Waals surface area contributed by atoms with Crippen LogP contribution in [0.1, 0.15) is 17.0 Å². The van der Waals surface area contributed by atoms with E-state index in [2.05, 4.69) is 28.7 Å². The highest BCUT2D eigenvalue weighted by atomic mass is 32.2. The standard InChI is InChI=1S/C15H17N3S2/c1-9-7-13(14(15(16)19)10(2)17-9)18-11-5-4-6-12(8-11)20-3/h4-8H,1-3H3,(H2,16,19)(H,17,18). The number of nitrogens with one attached hydrogen (secondary N) is 1. The molecule has 0 saturated heterocycles. The highest BCUT2D eigenvalue weighted by molar-refractivity contribution is 7.98. The summed E-state index contributed by atoms with van der Waals surface area (Å²) in [5, 5.41) is 3.39. The van der Waals surface area contributed by atoms with E-state index in [9.17, 15) is 0 Å². The van der Waals surface area contributed by atoms with Crippen molar-refractivity contribution >= 4 is 40.3 Å². The van der Waals surface area contributed by atoms with Crippen LogP contribution >= 0.6 is 24.0 Å². The average molecular weight is 303 g/mol. The van der Waals surface area contributed by atoms with Gasteiger partial charge in [-0.25, -0.2) is 0 Å². The van der Waals surface area contributed by atoms with E-state index in [1.807, 2.05) is 32.0 Å². The second-order valence-electron chi connectivity index (χ2n) is 4.49. The van der Waals surface area contributed by atoms with E-state index in [1.54, 1.807) is 11.8 Å². The van der Waals surface area contributed by atoms with Gasteiger partial charge in [-0.1, -0.05) is 18.3 Å². The van der Waals surface area contributed by atoms with Crippen molar-refractivity contribution in [3.8, 4) is 0 Å². The molecule has 0 amide bonds. The molecule has 2 rings (SSSR count). The molecule has 0 aliphatic carbocycles. The molecule has 20 heavy (non-hydrogen) atoms. The Hall–Kier alpha value is -1.59. The lowest BCUT2D eigenvalue weighted by atomic mass is 10.1. The molecule has 5 heteroatoms. The van der Waals surface area contributed by atoms with Crippen molar-refractivity contribution in [3.63, 3.8) is 0 Å². The van der Waals surface area contributed by atoms with Gasteiger partial charge in [0.05, 0.1) is 11.3 Å². The fourth-order valence-corrected chi connectivity index (χ4v) is 2.81. The van der Waals surface area contributed by atoms with Crippen LogP contribution in [0.2, 0.25) is 0 Å². The van der Waals surface area contributed by atoms with E-state index in [0.29, 0.717) is 4.99 Å². The van der Waals surface area contributed by atoms with Gasteiger partial charge in [0, 0.05) is 22.0 Å². The molecule has 3 N–H and O–H groups in total. The summed E-state index contributed by atoms with van der Waals surface area (Å²) in [6.07, 6.45) is 2.06. The van der Waals surface area contributed by atoms with Crippen molar-refractivity contribution in [1.82, 2.24) is 4.98 Å². The summed E-state index contributed by atoms with van der Waals surface area (Å²) in [6, 6.07) is 10.2. The highest BCUT2D eigenvalue weighted by Gasteiger charge is 2.11. The van der Waals surface area contributed by atoms with Gasteiger partial charge in [-0.3, -0.25) is 4.98 Å².